The summed E-state index contributed by atoms with van der Waals surface area (Å²) in [6.45, 7) is 0. The highest BCUT2D eigenvalue weighted by Gasteiger charge is 2.21. The minimum Gasteiger partial charge on any atom is -0.423 e. The first-order valence-corrected chi connectivity index (χ1v) is 3.77. The van der Waals surface area contributed by atoms with Gasteiger partial charge in [-0.3, -0.25) is 4.99 Å². The lowest BCUT2D eigenvalue weighted by molar-refractivity contribution is 0.420. The van der Waals surface area contributed by atoms with Crippen molar-refractivity contribution in [2.24, 2.45) is 10.9 Å². The smallest absolute Gasteiger partial charge is 0.423 e. The molecular formula is C8H8BNO2. The van der Waals surface area contributed by atoms with Crippen molar-refractivity contribution in [3.63, 3.8) is 0 Å². The predicted octanol–water partition coefficient (Wildman–Crippen LogP) is 0.0791. The minimum atomic E-state index is -1.40. The second-order valence-electron chi connectivity index (χ2n) is 2.80. The first-order chi connectivity index (χ1) is 5.77. The molecule has 1 atom stereocenters. The Morgan fingerprint density at radius 1 is 1.33 bits per heavy atom. The summed E-state index contributed by atoms with van der Waals surface area (Å²) in [5, 5.41) is 17.7. The van der Waals surface area contributed by atoms with E-state index in [0.29, 0.717) is 5.47 Å². The van der Waals surface area contributed by atoms with Gasteiger partial charge in [-0.1, -0.05) is 18.2 Å². The van der Waals surface area contributed by atoms with E-state index < -0.39 is 7.12 Å². The summed E-state index contributed by atoms with van der Waals surface area (Å²) < 4.78 is 0. The van der Waals surface area contributed by atoms with E-state index in [2.05, 4.69) is 4.99 Å². The Labute approximate surface area is 70.6 Å². The van der Waals surface area contributed by atoms with Crippen molar-refractivity contribution in [3.8, 4) is 0 Å². The van der Waals surface area contributed by atoms with E-state index in [1.807, 2.05) is 12.2 Å². The molecule has 4 heteroatoms. The second kappa shape index (κ2) is 2.73. The molecule has 0 fully saturated rings. The molecule has 1 aliphatic carbocycles. The van der Waals surface area contributed by atoms with Gasteiger partial charge in [0.1, 0.15) is 0 Å². The molecular weight excluding hydrogens is 153 g/mol. The van der Waals surface area contributed by atoms with Gasteiger partial charge < -0.3 is 10.0 Å². The minimum absolute atomic E-state index is 0.229. The molecule has 0 spiro atoms. The maximum Gasteiger partial charge on any atom is 0.488 e. The van der Waals surface area contributed by atoms with Crippen LogP contribution in [0, 0.1) is 5.92 Å². The zero-order valence-electron chi connectivity index (χ0n) is 6.38. The normalized spacial score (nSPS) is 25.0. The molecule has 0 bridgehead atoms. The van der Waals surface area contributed by atoms with Crippen LogP contribution in [-0.2, 0) is 0 Å². The number of hydrogen-bond acceptors (Lipinski definition) is 3. The lowest BCUT2D eigenvalue weighted by Crippen LogP contribution is -2.19. The largest absolute Gasteiger partial charge is 0.488 e. The zero-order valence-corrected chi connectivity index (χ0v) is 6.38. The van der Waals surface area contributed by atoms with Crippen LogP contribution >= 0.6 is 0 Å². The molecule has 0 saturated carbocycles. The Morgan fingerprint density at radius 2 is 2.17 bits per heavy atom. The lowest BCUT2D eigenvalue weighted by Gasteiger charge is -2.10. The number of rotatable bonds is 1. The summed E-state index contributed by atoms with van der Waals surface area (Å²) in [5.41, 5.74) is 1.37. The van der Waals surface area contributed by atoms with Gasteiger partial charge in [-0.05, 0) is 11.5 Å². The van der Waals surface area contributed by atoms with Crippen LogP contribution in [0.5, 0.6) is 0 Å². The van der Waals surface area contributed by atoms with Crippen LogP contribution < -0.4 is 0 Å². The van der Waals surface area contributed by atoms with Gasteiger partial charge >= 0.3 is 7.12 Å². The first-order valence-electron chi connectivity index (χ1n) is 3.77. The molecule has 0 aromatic rings. The van der Waals surface area contributed by atoms with Crippen molar-refractivity contribution in [1.29, 1.82) is 0 Å². The Kier molecular flexibility index (Phi) is 1.71. The standard InChI is InChI=1S/C8H8BNO2/c11-9(12)7-2-1-6-3-4-10-8(6)5-7/h1-6,11-12H/t6-/m0/s1. The van der Waals surface area contributed by atoms with Gasteiger partial charge in [-0.25, -0.2) is 0 Å². The molecule has 0 amide bonds. The first kappa shape index (κ1) is 7.52. The third kappa shape index (κ3) is 1.15. The molecule has 1 heterocycles. The van der Waals surface area contributed by atoms with E-state index in [1.165, 1.54) is 0 Å². The third-order valence-electron chi connectivity index (χ3n) is 1.97. The lowest BCUT2D eigenvalue weighted by atomic mass is 9.75. The van der Waals surface area contributed by atoms with Crippen LogP contribution in [0.2, 0.25) is 0 Å². The number of fused-ring (bicyclic) bond motifs is 1. The van der Waals surface area contributed by atoms with Gasteiger partial charge in [-0.2, -0.15) is 0 Å². The quantitative estimate of drug-likeness (QED) is 0.535. The molecule has 60 valence electrons. The van der Waals surface area contributed by atoms with Crippen LogP contribution in [0.4, 0.5) is 0 Å². The maximum absolute atomic E-state index is 8.86. The number of aliphatic imine (C=N–C) groups is 1. The van der Waals surface area contributed by atoms with Crippen LogP contribution in [-0.4, -0.2) is 22.9 Å². The van der Waals surface area contributed by atoms with E-state index in [9.17, 15) is 0 Å². The molecule has 0 aromatic carbocycles. The Balaban J connectivity index is 2.28. The third-order valence-corrected chi connectivity index (χ3v) is 1.97. The molecule has 12 heavy (non-hydrogen) atoms. The van der Waals surface area contributed by atoms with Gasteiger partial charge in [0.15, 0.2) is 0 Å². The summed E-state index contributed by atoms with van der Waals surface area (Å²) in [6, 6.07) is 0. The van der Waals surface area contributed by atoms with Gasteiger partial charge in [0.2, 0.25) is 0 Å². The fraction of sp³-hybridized carbons (Fsp3) is 0.125. The fourth-order valence-electron chi connectivity index (χ4n) is 1.30. The Hall–Kier alpha value is -1.13. The van der Waals surface area contributed by atoms with Gasteiger partial charge in [0.25, 0.3) is 0 Å². The average Bonchev–Trinajstić information content (AvgIpc) is 2.49. The topological polar surface area (TPSA) is 52.8 Å². The summed E-state index contributed by atoms with van der Waals surface area (Å²) in [4.78, 5) is 4.08. The fourth-order valence-corrected chi connectivity index (χ4v) is 1.30. The molecule has 1 aliphatic heterocycles. The van der Waals surface area contributed by atoms with Crippen LogP contribution in [0.15, 0.2) is 41.0 Å². The molecule has 2 N–H and O–H groups in total. The summed E-state index contributed by atoms with van der Waals surface area (Å²) in [6.07, 6.45) is 9.01. The van der Waals surface area contributed by atoms with Crippen molar-refractivity contribution in [1.82, 2.24) is 0 Å². The Morgan fingerprint density at radius 3 is 2.92 bits per heavy atom. The van der Waals surface area contributed by atoms with Crippen LogP contribution in [0.25, 0.3) is 0 Å². The zero-order chi connectivity index (χ0) is 8.55. The summed E-state index contributed by atoms with van der Waals surface area (Å²) in [5.74, 6) is 0.229. The highest BCUT2D eigenvalue weighted by Crippen LogP contribution is 2.20. The van der Waals surface area contributed by atoms with E-state index >= 15 is 0 Å². The van der Waals surface area contributed by atoms with E-state index in [4.69, 9.17) is 10.0 Å². The number of allylic oxidation sites excluding steroid dienone is 5. The van der Waals surface area contributed by atoms with E-state index in [-0.39, 0.29) is 5.92 Å². The summed E-state index contributed by atoms with van der Waals surface area (Å²) >= 11 is 0. The maximum atomic E-state index is 8.86. The van der Waals surface area contributed by atoms with E-state index in [0.717, 1.165) is 5.71 Å². The van der Waals surface area contributed by atoms with Crippen molar-refractivity contribution in [3.05, 3.63) is 36.0 Å². The molecule has 2 rings (SSSR count). The molecule has 0 unspecified atom stereocenters. The van der Waals surface area contributed by atoms with E-state index in [1.54, 1.807) is 18.4 Å². The molecule has 0 saturated heterocycles. The van der Waals surface area contributed by atoms with Crippen molar-refractivity contribution < 1.29 is 10.0 Å². The number of nitrogens with zero attached hydrogens (tertiary/aromatic N) is 1. The Bertz CT molecular complexity index is 315. The molecule has 3 nitrogen and oxygen atoms in total. The highest BCUT2D eigenvalue weighted by molar-refractivity contribution is 6.52. The summed E-state index contributed by atoms with van der Waals surface area (Å²) in [7, 11) is -1.40. The molecule has 0 radical (unpaired) electrons. The van der Waals surface area contributed by atoms with Crippen molar-refractivity contribution >= 4 is 12.8 Å². The molecule has 0 aromatic heterocycles. The van der Waals surface area contributed by atoms with Gasteiger partial charge in [0.05, 0.1) is 5.71 Å². The van der Waals surface area contributed by atoms with Crippen LogP contribution in [0.1, 0.15) is 0 Å². The van der Waals surface area contributed by atoms with Crippen molar-refractivity contribution in [2.75, 3.05) is 0 Å². The predicted molar refractivity (Wildman–Crippen MR) is 47.5 cm³/mol. The highest BCUT2D eigenvalue weighted by atomic mass is 16.4. The second-order valence-corrected chi connectivity index (χ2v) is 2.80. The monoisotopic (exact) mass is 161 g/mol. The SMILES string of the molecule is OB(O)C1=CC2=NC=C[C@@H]2C=C1. The average molecular weight is 161 g/mol. The number of hydrogen-bond donors (Lipinski definition) is 2. The molecule has 2 aliphatic rings. The van der Waals surface area contributed by atoms with Crippen LogP contribution in [0.3, 0.4) is 0 Å². The van der Waals surface area contributed by atoms with Crippen molar-refractivity contribution in [2.45, 2.75) is 0 Å². The van der Waals surface area contributed by atoms with Gasteiger partial charge in [0, 0.05) is 12.1 Å². The van der Waals surface area contributed by atoms with Gasteiger partial charge in [-0.15, -0.1) is 0 Å².